The molecule has 24 rings (SSSR count). The van der Waals surface area contributed by atoms with E-state index in [9.17, 15) is 9.59 Å². The SMILES string of the molecule is O=c1c2ccccc2c2cc(-c3ccc(-n4c5ccccc5c5ccccc54)cc3)ccc2n1-c1ccc(-c2ccc(-n3c4ccccc4c4ccccc43)cc2)cc1.O=c1c2ccccc2c2cc(-c3ccc4c(c3)c3ccccc3n4-c3ccccc3)ccc2n1-c1ccc(-c2ccc3c(c2)c2ccccc2n3-c2ccccc2)cc1. The second kappa shape index (κ2) is 27.5. The van der Waals surface area contributed by atoms with Crippen LogP contribution in [0.3, 0.4) is 0 Å². The molecule has 0 saturated carbocycles. The second-order valence-electron chi connectivity index (χ2n) is 30.6. The summed E-state index contributed by atoms with van der Waals surface area (Å²) in [4.78, 5) is 28.7. The number of para-hydroxylation sites is 8. The summed E-state index contributed by atoms with van der Waals surface area (Å²) >= 11 is 0. The lowest BCUT2D eigenvalue weighted by Gasteiger charge is -2.15. The molecule has 0 aliphatic carbocycles. The molecule has 18 aromatic carbocycles. The van der Waals surface area contributed by atoms with Crippen LogP contribution < -0.4 is 11.1 Å². The molecule has 0 fully saturated rings. The van der Waals surface area contributed by atoms with Gasteiger partial charge in [-0.2, -0.15) is 0 Å². The standard InChI is InChI=1S/2C55H35N3O/c59-55-46-20-8-7-17-43(46)47-34-38(39-26-31-53-49(35-39)45-19-10-12-22-51(45)57(53)41-15-5-2-6-16-41)27-32-54(47)58(55)42-28-23-36(24-29-42)37-25-30-52-48(33-37)44-18-9-11-21-50(44)56(52)40-13-3-1-4-14-40;59-55-48-16-2-1-11-43(48)49-35-39(38-25-30-41(31-26-38)57-52-19-9-5-14-46(52)47-15-6-10-20-53(47)57)27-34-54(49)58(55)42-32-23-37(24-33-42)36-21-28-40(29-22-36)56-50-17-7-3-12-44(50)45-13-4-8-18-51(45)56/h2*1-35H. The van der Waals surface area contributed by atoms with Gasteiger partial charge in [-0.1, -0.05) is 255 Å². The van der Waals surface area contributed by atoms with Crippen LogP contribution in [0.4, 0.5) is 0 Å². The molecule has 0 spiro atoms. The Morgan fingerprint density at radius 3 is 0.568 bits per heavy atom. The van der Waals surface area contributed by atoms with Gasteiger partial charge in [-0.15, -0.1) is 0 Å². The van der Waals surface area contributed by atoms with Crippen molar-refractivity contribution in [1.82, 2.24) is 27.4 Å². The highest BCUT2D eigenvalue weighted by molar-refractivity contribution is 6.15. The van der Waals surface area contributed by atoms with Crippen LogP contribution in [0.2, 0.25) is 0 Å². The summed E-state index contributed by atoms with van der Waals surface area (Å²) in [5.41, 5.74) is 26.2. The number of aromatic nitrogens is 6. The van der Waals surface area contributed by atoms with Gasteiger partial charge in [0.05, 0.1) is 55.2 Å². The van der Waals surface area contributed by atoms with Gasteiger partial charge in [-0.05, 0) is 225 Å². The van der Waals surface area contributed by atoms with Crippen LogP contribution in [-0.4, -0.2) is 27.4 Å². The van der Waals surface area contributed by atoms with Crippen molar-refractivity contribution in [2.75, 3.05) is 0 Å². The van der Waals surface area contributed by atoms with Gasteiger partial charge in [0, 0.05) is 98.8 Å². The maximum Gasteiger partial charge on any atom is 0.263 e. The highest BCUT2D eigenvalue weighted by Gasteiger charge is 2.22. The van der Waals surface area contributed by atoms with Crippen molar-refractivity contribution in [3.05, 3.63) is 445 Å². The van der Waals surface area contributed by atoms with Crippen LogP contribution in [0.15, 0.2) is 434 Å². The molecule has 118 heavy (non-hydrogen) atoms. The second-order valence-corrected chi connectivity index (χ2v) is 30.6. The van der Waals surface area contributed by atoms with Gasteiger partial charge in [0.15, 0.2) is 0 Å². The van der Waals surface area contributed by atoms with Gasteiger partial charge in [0.1, 0.15) is 0 Å². The predicted octanol–water partition coefficient (Wildman–Crippen LogP) is 27.3. The largest absolute Gasteiger partial charge is 0.309 e. The lowest BCUT2D eigenvalue weighted by molar-refractivity contribution is 1.06. The molecule has 24 aromatic rings. The van der Waals surface area contributed by atoms with E-state index in [1.54, 1.807) is 0 Å². The third-order valence-corrected chi connectivity index (χ3v) is 24.1. The van der Waals surface area contributed by atoms with Gasteiger partial charge in [0.2, 0.25) is 0 Å². The van der Waals surface area contributed by atoms with E-state index in [2.05, 4.69) is 407 Å². The molecule has 6 heterocycles. The van der Waals surface area contributed by atoms with Crippen molar-refractivity contribution >= 4 is 131 Å². The molecule has 0 radical (unpaired) electrons. The first-order valence-electron chi connectivity index (χ1n) is 40.1. The highest BCUT2D eigenvalue weighted by Crippen LogP contribution is 2.42. The van der Waals surface area contributed by atoms with Crippen molar-refractivity contribution in [1.29, 1.82) is 0 Å². The Morgan fingerprint density at radius 1 is 0.119 bits per heavy atom. The van der Waals surface area contributed by atoms with Crippen LogP contribution in [-0.2, 0) is 0 Å². The first-order chi connectivity index (χ1) is 58.4. The van der Waals surface area contributed by atoms with E-state index in [4.69, 9.17) is 0 Å². The first-order valence-corrected chi connectivity index (χ1v) is 40.1. The maximum absolute atomic E-state index is 14.4. The van der Waals surface area contributed by atoms with Crippen LogP contribution in [0.25, 0.3) is 209 Å². The van der Waals surface area contributed by atoms with Crippen molar-refractivity contribution < 1.29 is 0 Å². The minimum absolute atomic E-state index is 0.0281. The molecule has 0 aliphatic heterocycles. The molecule has 0 unspecified atom stereocenters. The summed E-state index contributed by atoms with van der Waals surface area (Å²) in [5, 5.41) is 15.2. The number of rotatable bonds is 10. The zero-order valence-corrected chi connectivity index (χ0v) is 63.9. The lowest BCUT2D eigenvalue weighted by atomic mass is 9.98. The number of benzene rings is 18. The van der Waals surface area contributed by atoms with Gasteiger partial charge in [-0.3, -0.25) is 18.7 Å². The van der Waals surface area contributed by atoms with Gasteiger partial charge in [-0.25, -0.2) is 0 Å². The van der Waals surface area contributed by atoms with Crippen molar-refractivity contribution in [2.24, 2.45) is 0 Å². The Kier molecular flexibility index (Phi) is 15.8. The number of nitrogens with zero attached hydrogens (tertiary/aromatic N) is 6. The Hall–Kier alpha value is -15.9. The molecule has 0 atom stereocenters. The quantitative estimate of drug-likeness (QED) is 0.128. The van der Waals surface area contributed by atoms with Crippen molar-refractivity contribution in [3.63, 3.8) is 0 Å². The zero-order valence-electron chi connectivity index (χ0n) is 63.9. The molecule has 552 valence electrons. The normalized spacial score (nSPS) is 11.8. The highest BCUT2D eigenvalue weighted by atomic mass is 16.1. The molecule has 0 amide bonds. The minimum atomic E-state index is -0.0288. The molecule has 0 bridgehead atoms. The fraction of sp³-hybridized carbons (Fsp3) is 0. The molecular formula is C110H70N6O2. The third-order valence-electron chi connectivity index (χ3n) is 24.1. The first kappa shape index (κ1) is 67.8. The molecule has 0 saturated heterocycles. The molecule has 6 aromatic heterocycles. The van der Waals surface area contributed by atoms with Crippen LogP contribution in [0.1, 0.15) is 0 Å². The predicted molar refractivity (Wildman–Crippen MR) is 493 cm³/mol. The molecule has 0 N–H and O–H groups in total. The van der Waals surface area contributed by atoms with E-state index >= 15 is 0 Å². The Bertz CT molecular complexity index is 8210. The number of fused-ring (bicyclic) bond motifs is 18. The smallest absolute Gasteiger partial charge is 0.263 e. The van der Waals surface area contributed by atoms with E-state index in [0.717, 1.165) is 111 Å². The Balaban J connectivity index is 0.000000138. The molecular weight excluding hydrogens is 1440 g/mol. The summed E-state index contributed by atoms with van der Waals surface area (Å²) in [7, 11) is 0. The monoisotopic (exact) mass is 1510 g/mol. The summed E-state index contributed by atoms with van der Waals surface area (Å²) in [6.07, 6.45) is 0. The summed E-state index contributed by atoms with van der Waals surface area (Å²) in [6.45, 7) is 0. The summed E-state index contributed by atoms with van der Waals surface area (Å²) < 4.78 is 13.1. The van der Waals surface area contributed by atoms with Gasteiger partial charge in [0.25, 0.3) is 11.1 Å². The third kappa shape index (κ3) is 10.9. The summed E-state index contributed by atoms with van der Waals surface area (Å²) in [6, 6.07) is 149. The van der Waals surface area contributed by atoms with Gasteiger partial charge < -0.3 is 18.3 Å². The van der Waals surface area contributed by atoms with Crippen LogP contribution >= 0.6 is 0 Å². The average Bonchev–Trinajstić information content (AvgIpc) is 1.21. The minimum Gasteiger partial charge on any atom is -0.309 e. The topological polar surface area (TPSA) is 63.7 Å². The number of pyridine rings is 2. The van der Waals surface area contributed by atoms with E-state index < -0.39 is 0 Å². The maximum atomic E-state index is 14.4. The van der Waals surface area contributed by atoms with Crippen LogP contribution in [0, 0.1) is 0 Å². The zero-order chi connectivity index (χ0) is 78.1. The van der Waals surface area contributed by atoms with Gasteiger partial charge >= 0.3 is 0 Å². The van der Waals surface area contributed by atoms with E-state index in [1.807, 2.05) is 45.5 Å². The number of hydrogen-bond acceptors (Lipinski definition) is 2. The van der Waals surface area contributed by atoms with E-state index in [1.165, 1.54) is 87.2 Å². The van der Waals surface area contributed by atoms with Crippen molar-refractivity contribution in [2.45, 2.75) is 0 Å². The summed E-state index contributed by atoms with van der Waals surface area (Å²) in [5.74, 6) is 0. The van der Waals surface area contributed by atoms with E-state index in [-0.39, 0.29) is 11.1 Å². The fourth-order valence-corrected chi connectivity index (χ4v) is 18.7. The van der Waals surface area contributed by atoms with Crippen molar-refractivity contribution in [3.8, 4) is 78.6 Å². The molecule has 8 nitrogen and oxygen atoms in total. The fourth-order valence-electron chi connectivity index (χ4n) is 18.7. The molecule has 8 heteroatoms. The Morgan fingerprint density at radius 2 is 0.288 bits per heavy atom. The van der Waals surface area contributed by atoms with Crippen LogP contribution in [0.5, 0.6) is 0 Å². The van der Waals surface area contributed by atoms with E-state index in [0.29, 0.717) is 10.8 Å². The lowest BCUT2D eigenvalue weighted by Crippen LogP contribution is -2.19. The number of hydrogen-bond donors (Lipinski definition) is 0. The molecule has 0 aliphatic rings. The Labute approximate surface area is 677 Å². The average molecular weight is 1510 g/mol.